The molecule has 1 aliphatic rings. The van der Waals surface area contributed by atoms with Crippen molar-refractivity contribution in [2.75, 3.05) is 18.1 Å². The van der Waals surface area contributed by atoms with E-state index in [4.69, 9.17) is 0 Å². The summed E-state index contributed by atoms with van der Waals surface area (Å²) in [5.41, 5.74) is 0.246. The summed E-state index contributed by atoms with van der Waals surface area (Å²) >= 11 is 0. The molecule has 1 amide bonds. The highest BCUT2D eigenvalue weighted by molar-refractivity contribution is 7.91. The Morgan fingerprint density at radius 1 is 1.44 bits per heavy atom. The molecule has 98 valence electrons. The zero-order valence-electron chi connectivity index (χ0n) is 9.73. The van der Waals surface area contributed by atoms with Crippen LogP contribution in [-0.4, -0.2) is 32.4 Å². The first-order valence-corrected chi connectivity index (χ1v) is 7.52. The van der Waals surface area contributed by atoms with E-state index >= 15 is 0 Å². The molecule has 1 unspecified atom stereocenters. The number of rotatable bonds is 3. The predicted octanol–water partition coefficient (Wildman–Crippen LogP) is 0.990. The molecule has 0 spiro atoms. The molecule has 1 N–H and O–H groups in total. The van der Waals surface area contributed by atoms with E-state index < -0.39 is 15.7 Å². The summed E-state index contributed by atoms with van der Waals surface area (Å²) < 4.78 is 35.4. The number of sulfone groups is 1. The van der Waals surface area contributed by atoms with Crippen molar-refractivity contribution < 1.29 is 17.6 Å². The van der Waals surface area contributed by atoms with Gasteiger partial charge in [-0.15, -0.1) is 0 Å². The van der Waals surface area contributed by atoms with Gasteiger partial charge in [-0.05, 0) is 30.5 Å². The van der Waals surface area contributed by atoms with Gasteiger partial charge in [-0.1, -0.05) is 6.07 Å². The Kier molecular flexibility index (Phi) is 3.65. The van der Waals surface area contributed by atoms with E-state index in [9.17, 15) is 17.6 Å². The normalized spacial score (nSPS) is 21.7. The summed E-state index contributed by atoms with van der Waals surface area (Å²) in [6.07, 6.45) is 0.575. The SMILES string of the molecule is O=C(NCC1CCS(=O)(=O)C1)c1cccc(F)c1. The smallest absolute Gasteiger partial charge is 0.251 e. The van der Waals surface area contributed by atoms with Gasteiger partial charge in [0.2, 0.25) is 0 Å². The lowest BCUT2D eigenvalue weighted by molar-refractivity contribution is 0.0948. The van der Waals surface area contributed by atoms with Gasteiger partial charge >= 0.3 is 0 Å². The molecule has 1 fully saturated rings. The fourth-order valence-corrected chi connectivity index (χ4v) is 3.86. The van der Waals surface area contributed by atoms with Crippen molar-refractivity contribution in [1.82, 2.24) is 5.32 Å². The first kappa shape index (κ1) is 13.0. The van der Waals surface area contributed by atoms with E-state index in [1.54, 1.807) is 0 Å². The maximum absolute atomic E-state index is 12.9. The minimum absolute atomic E-state index is 0.0347. The molecule has 18 heavy (non-hydrogen) atoms. The zero-order chi connectivity index (χ0) is 13.2. The summed E-state index contributed by atoms with van der Waals surface area (Å²) in [5, 5.41) is 2.64. The molecule has 1 aliphatic heterocycles. The van der Waals surface area contributed by atoms with Crippen molar-refractivity contribution in [3.05, 3.63) is 35.6 Å². The van der Waals surface area contributed by atoms with E-state index in [2.05, 4.69) is 5.32 Å². The van der Waals surface area contributed by atoms with Gasteiger partial charge in [0, 0.05) is 12.1 Å². The topological polar surface area (TPSA) is 63.2 Å². The van der Waals surface area contributed by atoms with Crippen LogP contribution >= 0.6 is 0 Å². The molecular weight excluding hydrogens is 257 g/mol. The van der Waals surface area contributed by atoms with Crippen LogP contribution < -0.4 is 5.32 Å². The van der Waals surface area contributed by atoms with Crippen molar-refractivity contribution in [3.8, 4) is 0 Å². The van der Waals surface area contributed by atoms with Gasteiger partial charge < -0.3 is 5.32 Å². The fraction of sp³-hybridized carbons (Fsp3) is 0.417. The molecule has 2 rings (SSSR count). The van der Waals surface area contributed by atoms with Gasteiger partial charge in [-0.25, -0.2) is 12.8 Å². The largest absolute Gasteiger partial charge is 0.352 e. The van der Waals surface area contributed by atoms with Crippen molar-refractivity contribution in [1.29, 1.82) is 0 Å². The van der Waals surface area contributed by atoms with Crippen LogP contribution in [0.5, 0.6) is 0 Å². The molecule has 4 nitrogen and oxygen atoms in total. The first-order chi connectivity index (χ1) is 8.46. The van der Waals surface area contributed by atoms with E-state index in [1.165, 1.54) is 18.2 Å². The molecule has 0 bridgehead atoms. The third kappa shape index (κ3) is 3.29. The second-order valence-electron chi connectivity index (χ2n) is 4.49. The summed E-state index contributed by atoms with van der Waals surface area (Å²) in [7, 11) is -2.93. The Bertz CT molecular complexity index is 556. The maximum atomic E-state index is 12.9. The van der Waals surface area contributed by atoms with Crippen molar-refractivity contribution in [2.24, 2.45) is 5.92 Å². The van der Waals surface area contributed by atoms with Gasteiger partial charge in [0.25, 0.3) is 5.91 Å². The van der Waals surface area contributed by atoms with Crippen LogP contribution in [0.1, 0.15) is 16.8 Å². The molecule has 1 saturated heterocycles. The van der Waals surface area contributed by atoms with Crippen LogP contribution in [-0.2, 0) is 9.84 Å². The van der Waals surface area contributed by atoms with Gasteiger partial charge in [0.05, 0.1) is 11.5 Å². The Morgan fingerprint density at radius 2 is 2.22 bits per heavy atom. The molecule has 1 atom stereocenters. The number of carbonyl (C=O) groups is 1. The van der Waals surface area contributed by atoms with Crippen LogP contribution in [0.4, 0.5) is 4.39 Å². The van der Waals surface area contributed by atoms with Crippen molar-refractivity contribution >= 4 is 15.7 Å². The van der Waals surface area contributed by atoms with Gasteiger partial charge in [-0.3, -0.25) is 4.79 Å². The van der Waals surface area contributed by atoms with Crippen molar-refractivity contribution in [2.45, 2.75) is 6.42 Å². The summed E-state index contributed by atoms with van der Waals surface area (Å²) in [6.45, 7) is 0.314. The standard InChI is InChI=1S/C12H14FNO3S/c13-11-3-1-2-10(6-11)12(15)14-7-9-4-5-18(16,17)8-9/h1-3,6,9H,4-5,7-8H2,(H,14,15). The summed E-state index contributed by atoms with van der Waals surface area (Å²) in [6, 6.07) is 5.40. The quantitative estimate of drug-likeness (QED) is 0.891. The Hall–Kier alpha value is -1.43. The van der Waals surface area contributed by atoms with Gasteiger partial charge in [-0.2, -0.15) is 0 Å². The number of carbonyl (C=O) groups excluding carboxylic acids is 1. The van der Waals surface area contributed by atoms with E-state index in [0.717, 1.165) is 6.07 Å². The molecule has 0 saturated carbocycles. The van der Waals surface area contributed by atoms with Crippen LogP contribution in [0.3, 0.4) is 0 Å². The fourth-order valence-electron chi connectivity index (χ4n) is 2.00. The number of nitrogens with one attached hydrogen (secondary N) is 1. The lowest BCUT2D eigenvalue weighted by Crippen LogP contribution is -2.29. The van der Waals surface area contributed by atoms with Crippen LogP contribution in [0, 0.1) is 11.7 Å². The number of hydrogen-bond acceptors (Lipinski definition) is 3. The number of hydrogen-bond donors (Lipinski definition) is 1. The monoisotopic (exact) mass is 271 g/mol. The van der Waals surface area contributed by atoms with Gasteiger partial charge in [0.1, 0.15) is 5.82 Å². The van der Waals surface area contributed by atoms with Crippen LogP contribution in [0.25, 0.3) is 0 Å². The number of amides is 1. The van der Waals surface area contributed by atoms with E-state index in [0.29, 0.717) is 13.0 Å². The molecular formula is C12H14FNO3S. The Labute approximate surface area is 105 Å². The number of halogens is 1. The third-order valence-corrected chi connectivity index (χ3v) is 4.80. The Balaban J connectivity index is 1.90. The second-order valence-corrected chi connectivity index (χ2v) is 6.72. The molecule has 1 aromatic carbocycles. The summed E-state index contributed by atoms with van der Waals surface area (Å²) in [4.78, 5) is 11.7. The Morgan fingerprint density at radius 3 is 2.83 bits per heavy atom. The van der Waals surface area contributed by atoms with E-state index in [1.807, 2.05) is 0 Å². The minimum Gasteiger partial charge on any atom is -0.352 e. The molecule has 1 heterocycles. The van der Waals surface area contributed by atoms with Gasteiger partial charge in [0.15, 0.2) is 9.84 Å². The highest BCUT2D eigenvalue weighted by Crippen LogP contribution is 2.17. The van der Waals surface area contributed by atoms with Crippen LogP contribution in [0.2, 0.25) is 0 Å². The highest BCUT2D eigenvalue weighted by Gasteiger charge is 2.27. The van der Waals surface area contributed by atoms with E-state index in [-0.39, 0.29) is 28.9 Å². The lowest BCUT2D eigenvalue weighted by atomic mass is 10.1. The maximum Gasteiger partial charge on any atom is 0.251 e. The molecule has 0 aromatic heterocycles. The zero-order valence-corrected chi connectivity index (χ0v) is 10.5. The molecule has 1 aromatic rings. The summed E-state index contributed by atoms with van der Waals surface area (Å²) in [5.74, 6) is -0.568. The molecule has 0 radical (unpaired) electrons. The lowest BCUT2D eigenvalue weighted by Gasteiger charge is -2.09. The number of benzene rings is 1. The second kappa shape index (κ2) is 5.06. The van der Waals surface area contributed by atoms with Crippen LogP contribution in [0.15, 0.2) is 24.3 Å². The molecule has 0 aliphatic carbocycles. The average molecular weight is 271 g/mol. The minimum atomic E-state index is -2.93. The highest BCUT2D eigenvalue weighted by atomic mass is 32.2. The van der Waals surface area contributed by atoms with Crippen molar-refractivity contribution in [3.63, 3.8) is 0 Å². The molecule has 6 heteroatoms. The predicted molar refractivity (Wildman–Crippen MR) is 65.5 cm³/mol. The average Bonchev–Trinajstić information content (AvgIpc) is 2.66. The first-order valence-electron chi connectivity index (χ1n) is 5.70. The third-order valence-electron chi connectivity index (χ3n) is 2.96.